The predicted octanol–water partition coefficient (Wildman–Crippen LogP) is 2.49. The van der Waals surface area contributed by atoms with Gasteiger partial charge in [-0.05, 0) is 25.0 Å². The van der Waals surface area contributed by atoms with Crippen LogP contribution in [0.1, 0.15) is 33.1 Å². The molecule has 1 aromatic rings. The van der Waals surface area contributed by atoms with Gasteiger partial charge in [-0.15, -0.1) is 0 Å². The molecule has 2 atom stereocenters. The van der Waals surface area contributed by atoms with E-state index in [1.165, 1.54) is 6.07 Å². The lowest BCUT2D eigenvalue weighted by molar-refractivity contribution is 0.132. The van der Waals surface area contributed by atoms with Crippen molar-refractivity contribution in [1.29, 1.82) is 0 Å². The average molecular weight is 267 g/mol. The van der Waals surface area contributed by atoms with E-state index >= 15 is 0 Å². The Kier molecular flexibility index (Phi) is 4.42. The van der Waals surface area contributed by atoms with Gasteiger partial charge in [-0.3, -0.25) is 0 Å². The summed E-state index contributed by atoms with van der Waals surface area (Å²) >= 11 is 0. The number of aliphatic hydroxyl groups is 1. The maximum Gasteiger partial charge on any atom is 0.165 e. The zero-order chi connectivity index (χ0) is 13.9. The highest BCUT2D eigenvalue weighted by molar-refractivity contribution is 5.24. The number of para-hydroxylation sites is 1. The van der Waals surface area contributed by atoms with E-state index in [0.717, 1.165) is 12.8 Å². The molecule has 106 valence electrons. The van der Waals surface area contributed by atoms with Crippen LogP contribution in [0, 0.1) is 5.82 Å². The van der Waals surface area contributed by atoms with Crippen LogP contribution in [-0.4, -0.2) is 29.4 Å². The number of ether oxygens (including phenoxy) is 1. The van der Waals surface area contributed by atoms with E-state index in [2.05, 4.69) is 19.2 Å². The molecule has 0 spiro atoms. The maximum absolute atomic E-state index is 13.5. The van der Waals surface area contributed by atoms with Crippen molar-refractivity contribution in [2.45, 2.75) is 50.8 Å². The quantitative estimate of drug-likeness (QED) is 0.861. The molecule has 0 bridgehead atoms. The second kappa shape index (κ2) is 5.88. The fourth-order valence-electron chi connectivity index (χ4n) is 2.83. The Bertz CT molecular complexity index is 424. The van der Waals surface area contributed by atoms with Gasteiger partial charge >= 0.3 is 0 Å². The zero-order valence-electron chi connectivity index (χ0n) is 11.5. The number of hydrogen-bond acceptors (Lipinski definition) is 3. The predicted molar refractivity (Wildman–Crippen MR) is 72.8 cm³/mol. The minimum Gasteiger partial charge on any atom is -0.487 e. The van der Waals surface area contributed by atoms with Crippen LogP contribution in [0.3, 0.4) is 0 Å². The molecule has 1 fully saturated rings. The molecule has 1 aromatic carbocycles. The Morgan fingerprint density at radius 2 is 2.21 bits per heavy atom. The summed E-state index contributed by atoms with van der Waals surface area (Å²) in [6.07, 6.45) is 2.33. The van der Waals surface area contributed by atoms with Crippen molar-refractivity contribution in [2.24, 2.45) is 0 Å². The number of rotatable bonds is 5. The van der Waals surface area contributed by atoms with Crippen molar-refractivity contribution in [2.75, 3.05) is 6.61 Å². The second-order valence-electron chi connectivity index (χ2n) is 5.65. The smallest absolute Gasteiger partial charge is 0.165 e. The molecule has 0 amide bonds. The number of nitrogens with one attached hydrogen (secondary N) is 1. The summed E-state index contributed by atoms with van der Waals surface area (Å²) in [6, 6.07) is 6.76. The second-order valence-corrected chi connectivity index (χ2v) is 5.65. The molecule has 4 heteroatoms. The van der Waals surface area contributed by atoms with Crippen LogP contribution >= 0.6 is 0 Å². The minimum absolute atomic E-state index is 0.0460. The first-order valence-corrected chi connectivity index (χ1v) is 6.84. The standard InChI is InChI=1S/C15H22FNO2/c1-11(2)17-15(10-18)8-7-12(9-15)19-14-6-4-3-5-13(14)16/h3-6,11-12,17-18H,7-10H2,1-2H3. The number of aliphatic hydroxyl groups excluding tert-OH is 1. The van der Waals surface area contributed by atoms with Crippen LogP contribution in [0.5, 0.6) is 5.75 Å². The summed E-state index contributed by atoms with van der Waals surface area (Å²) in [5.74, 6) is -0.0356. The van der Waals surface area contributed by atoms with E-state index in [9.17, 15) is 9.50 Å². The molecule has 0 heterocycles. The van der Waals surface area contributed by atoms with Gasteiger partial charge in [0.25, 0.3) is 0 Å². The molecule has 3 nitrogen and oxygen atoms in total. The molecule has 0 saturated heterocycles. The largest absolute Gasteiger partial charge is 0.487 e. The van der Waals surface area contributed by atoms with Crippen molar-refractivity contribution < 1.29 is 14.2 Å². The van der Waals surface area contributed by atoms with Gasteiger partial charge in [0.1, 0.15) is 6.10 Å². The normalized spacial score (nSPS) is 26.9. The Hall–Kier alpha value is -1.13. The molecule has 0 radical (unpaired) electrons. The highest BCUT2D eigenvalue weighted by Gasteiger charge is 2.40. The van der Waals surface area contributed by atoms with Gasteiger partial charge in [-0.25, -0.2) is 4.39 Å². The number of hydrogen-bond donors (Lipinski definition) is 2. The van der Waals surface area contributed by atoms with Crippen molar-refractivity contribution in [3.63, 3.8) is 0 Å². The van der Waals surface area contributed by atoms with Gasteiger partial charge in [0, 0.05) is 18.0 Å². The van der Waals surface area contributed by atoms with Gasteiger partial charge in [0.05, 0.1) is 6.61 Å². The maximum atomic E-state index is 13.5. The lowest BCUT2D eigenvalue weighted by atomic mass is 9.97. The van der Waals surface area contributed by atoms with Crippen LogP contribution < -0.4 is 10.1 Å². The summed E-state index contributed by atoms with van der Waals surface area (Å²) in [4.78, 5) is 0. The van der Waals surface area contributed by atoms with Gasteiger partial charge < -0.3 is 15.2 Å². The molecule has 0 aromatic heterocycles. The number of halogens is 1. The summed E-state index contributed by atoms with van der Waals surface area (Å²) < 4.78 is 19.3. The Labute approximate surface area is 113 Å². The molecule has 2 unspecified atom stereocenters. The Morgan fingerprint density at radius 1 is 1.47 bits per heavy atom. The fourth-order valence-corrected chi connectivity index (χ4v) is 2.83. The van der Waals surface area contributed by atoms with Gasteiger partial charge in [0.2, 0.25) is 0 Å². The van der Waals surface area contributed by atoms with E-state index < -0.39 is 0 Å². The summed E-state index contributed by atoms with van der Waals surface area (Å²) in [5.41, 5.74) is -0.288. The topological polar surface area (TPSA) is 41.5 Å². The zero-order valence-corrected chi connectivity index (χ0v) is 11.5. The highest BCUT2D eigenvalue weighted by Crippen LogP contribution is 2.33. The summed E-state index contributed by atoms with van der Waals surface area (Å²) in [7, 11) is 0. The molecule has 1 aliphatic rings. The average Bonchev–Trinajstić information content (AvgIpc) is 2.75. The molecule has 2 rings (SSSR count). The molecule has 1 aliphatic carbocycles. The van der Waals surface area contributed by atoms with E-state index in [-0.39, 0.29) is 24.1 Å². The van der Waals surface area contributed by atoms with E-state index in [4.69, 9.17) is 4.74 Å². The van der Waals surface area contributed by atoms with Crippen molar-refractivity contribution in [1.82, 2.24) is 5.32 Å². The SMILES string of the molecule is CC(C)NC1(CO)CCC(Oc2ccccc2F)C1. The van der Waals surface area contributed by atoms with E-state index in [1.54, 1.807) is 18.2 Å². The monoisotopic (exact) mass is 267 g/mol. The molecular formula is C15H22FNO2. The third kappa shape index (κ3) is 3.45. The third-order valence-corrected chi connectivity index (χ3v) is 3.59. The van der Waals surface area contributed by atoms with Gasteiger partial charge in [0.15, 0.2) is 11.6 Å². The van der Waals surface area contributed by atoms with Crippen molar-refractivity contribution in [3.8, 4) is 5.75 Å². The van der Waals surface area contributed by atoms with Crippen molar-refractivity contribution >= 4 is 0 Å². The van der Waals surface area contributed by atoms with Crippen molar-refractivity contribution in [3.05, 3.63) is 30.1 Å². The molecule has 2 N–H and O–H groups in total. The van der Waals surface area contributed by atoms with Crippen LogP contribution in [0.15, 0.2) is 24.3 Å². The Morgan fingerprint density at radius 3 is 2.84 bits per heavy atom. The van der Waals surface area contributed by atoms with Gasteiger partial charge in [-0.1, -0.05) is 26.0 Å². The van der Waals surface area contributed by atoms with E-state index in [1.807, 2.05) is 0 Å². The van der Waals surface area contributed by atoms with Crippen LogP contribution in [0.2, 0.25) is 0 Å². The van der Waals surface area contributed by atoms with Gasteiger partial charge in [-0.2, -0.15) is 0 Å². The molecule has 0 aliphatic heterocycles. The molecule has 19 heavy (non-hydrogen) atoms. The lowest BCUT2D eigenvalue weighted by Crippen LogP contribution is -2.50. The van der Waals surface area contributed by atoms with Crippen LogP contribution in [0.25, 0.3) is 0 Å². The van der Waals surface area contributed by atoms with Crippen LogP contribution in [-0.2, 0) is 0 Å². The molecule has 1 saturated carbocycles. The molecular weight excluding hydrogens is 245 g/mol. The van der Waals surface area contributed by atoms with E-state index in [0.29, 0.717) is 18.2 Å². The minimum atomic E-state index is -0.333. The highest BCUT2D eigenvalue weighted by atomic mass is 19.1. The van der Waals surface area contributed by atoms with Crippen LogP contribution in [0.4, 0.5) is 4.39 Å². The Balaban J connectivity index is 2.00. The third-order valence-electron chi connectivity index (χ3n) is 3.59. The first-order valence-electron chi connectivity index (χ1n) is 6.84. The first kappa shape index (κ1) is 14.3. The summed E-state index contributed by atoms with van der Waals surface area (Å²) in [6.45, 7) is 4.20. The lowest BCUT2D eigenvalue weighted by Gasteiger charge is -2.30. The fraction of sp³-hybridized carbons (Fsp3) is 0.600. The first-order chi connectivity index (χ1) is 9.04. The number of benzene rings is 1. The summed E-state index contributed by atoms with van der Waals surface area (Å²) in [5, 5.41) is 13.0.